The van der Waals surface area contributed by atoms with Crippen molar-refractivity contribution >= 4 is 6.03 Å². The summed E-state index contributed by atoms with van der Waals surface area (Å²) in [6, 6.07) is 8.81. The van der Waals surface area contributed by atoms with Crippen LogP contribution in [0.15, 0.2) is 24.3 Å². The van der Waals surface area contributed by atoms with Crippen LogP contribution in [0, 0.1) is 0 Å². The van der Waals surface area contributed by atoms with Gasteiger partial charge < -0.3 is 15.3 Å². The molecule has 0 bridgehead atoms. The lowest BCUT2D eigenvalue weighted by molar-refractivity contribution is 0.168. The second kappa shape index (κ2) is 5.92. The van der Waals surface area contributed by atoms with Gasteiger partial charge in [0.2, 0.25) is 0 Å². The summed E-state index contributed by atoms with van der Waals surface area (Å²) in [5, 5.41) is 12.4. The van der Waals surface area contributed by atoms with Gasteiger partial charge in [0, 0.05) is 12.6 Å². The molecule has 2 N–H and O–H groups in total. The number of carbonyl (C=O) groups is 1. The highest BCUT2D eigenvalue weighted by Crippen LogP contribution is 2.41. The number of aliphatic hydroxyl groups is 1. The normalized spacial score (nSPS) is 22.8. The lowest BCUT2D eigenvalue weighted by Gasteiger charge is -2.38. The maximum Gasteiger partial charge on any atom is 0.318 e. The summed E-state index contributed by atoms with van der Waals surface area (Å²) in [5.41, 5.74) is 2.75. The van der Waals surface area contributed by atoms with Crippen LogP contribution in [0.1, 0.15) is 56.7 Å². The molecule has 1 fully saturated rings. The summed E-state index contributed by atoms with van der Waals surface area (Å²) < 4.78 is 0. The van der Waals surface area contributed by atoms with Crippen molar-refractivity contribution in [3.8, 4) is 0 Å². The van der Waals surface area contributed by atoms with Crippen LogP contribution in [-0.4, -0.2) is 35.2 Å². The first-order valence-electron chi connectivity index (χ1n) is 8.30. The van der Waals surface area contributed by atoms with E-state index in [2.05, 4.69) is 37.4 Å². The molecule has 4 heteroatoms. The Labute approximate surface area is 132 Å². The number of aliphatic hydroxyl groups excluding tert-OH is 1. The Hall–Kier alpha value is -1.55. The largest absolute Gasteiger partial charge is 0.395 e. The summed E-state index contributed by atoms with van der Waals surface area (Å²) >= 11 is 0. The first-order valence-corrected chi connectivity index (χ1v) is 8.30. The van der Waals surface area contributed by atoms with Crippen LogP contribution in [0.4, 0.5) is 4.79 Å². The molecule has 0 spiro atoms. The molecule has 0 aromatic heterocycles. The molecule has 2 amide bonds. The van der Waals surface area contributed by atoms with E-state index in [9.17, 15) is 9.90 Å². The van der Waals surface area contributed by atoms with E-state index < -0.39 is 0 Å². The standard InChI is InChI=1S/C18H26N2O2/c1-18(2)10-9-16(14-5-3-4-6-15(14)18)19-17(22)20(11-12-21)13-7-8-13/h3-6,13,16,21H,7-12H2,1-2H3,(H,19,22)/t16-/m0/s1. The zero-order chi connectivity index (χ0) is 15.7. The maximum absolute atomic E-state index is 12.6. The van der Waals surface area contributed by atoms with Crippen molar-refractivity contribution in [2.75, 3.05) is 13.2 Å². The fourth-order valence-electron chi connectivity index (χ4n) is 3.54. The van der Waals surface area contributed by atoms with Gasteiger partial charge in [0.05, 0.1) is 12.6 Å². The van der Waals surface area contributed by atoms with Gasteiger partial charge in [-0.2, -0.15) is 0 Å². The van der Waals surface area contributed by atoms with Gasteiger partial charge in [-0.05, 0) is 42.2 Å². The van der Waals surface area contributed by atoms with Crippen molar-refractivity contribution in [1.29, 1.82) is 0 Å². The topological polar surface area (TPSA) is 52.6 Å². The number of amides is 2. The minimum absolute atomic E-state index is 0.0260. The number of carbonyl (C=O) groups excluding carboxylic acids is 1. The fourth-order valence-corrected chi connectivity index (χ4v) is 3.54. The zero-order valence-electron chi connectivity index (χ0n) is 13.5. The van der Waals surface area contributed by atoms with Gasteiger partial charge in [-0.1, -0.05) is 38.1 Å². The van der Waals surface area contributed by atoms with E-state index in [1.54, 1.807) is 4.90 Å². The number of hydrogen-bond donors (Lipinski definition) is 2. The third-order valence-electron chi connectivity index (χ3n) is 5.01. The van der Waals surface area contributed by atoms with Crippen LogP contribution in [0.2, 0.25) is 0 Å². The van der Waals surface area contributed by atoms with Gasteiger partial charge in [0.15, 0.2) is 0 Å². The van der Waals surface area contributed by atoms with Crippen molar-refractivity contribution in [2.45, 2.75) is 57.0 Å². The fraction of sp³-hybridized carbons (Fsp3) is 0.611. The van der Waals surface area contributed by atoms with Gasteiger partial charge in [-0.3, -0.25) is 0 Å². The predicted molar refractivity (Wildman–Crippen MR) is 86.8 cm³/mol. The average molecular weight is 302 g/mol. The van der Waals surface area contributed by atoms with Crippen LogP contribution in [0.25, 0.3) is 0 Å². The molecular formula is C18H26N2O2. The molecular weight excluding hydrogens is 276 g/mol. The highest BCUT2D eigenvalue weighted by atomic mass is 16.3. The second-order valence-corrected chi connectivity index (χ2v) is 7.16. The lowest BCUT2D eigenvalue weighted by atomic mass is 9.71. The molecule has 1 aromatic carbocycles. The summed E-state index contributed by atoms with van der Waals surface area (Å²) in [6.45, 7) is 4.99. The number of benzene rings is 1. The quantitative estimate of drug-likeness (QED) is 0.898. The monoisotopic (exact) mass is 302 g/mol. The first-order chi connectivity index (χ1) is 10.5. The van der Waals surface area contributed by atoms with Crippen LogP contribution in [-0.2, 0) is 5.41 Å². The molecule has 1 aromatic rings. The number of urea groups is 1. The van der Waals surface area contributed by atoms with Crippen LogP contribution in [0.3, 0.4) is 0 Å². The molecule has 0 unspecified atom stereocenters. The van der Waals surface area contributed by atoms with E-state index in [-0.39, 0.29) is 24.1 Å². The van der Waals surface area contributed by atoms with Crippen LogP contribution < -0.4 is 5.32 Å². The smallest absolute Gasteiger partial charge is 0.318 e. The third-order valence-corrected chi connectivity index (χ3v) is 5.01. The molecule has 2 aliphatic carbocycles. The van der Waals surface area contributed by atoms with E-state index in [1.165, 1.54) is 11.1 Å². The zero-order valence-corrected chi connectivity index (χ0v) is 13.5. The van der Waals surface area contributed by atoms with Gasteiger partial charge in [-0.15, -0.1) is 0 Å². The first kappa shape index (κ1) is 15.3. The van der Waals surface area contributed by atoms with E-state index in [0.717, 1.165) is 25.7 Å². The Kier molecular flexibility index (Phi) is 4.13. The van der Waals surface area contributed by atoms with Crippen LogP contribution >= 0.6 is 0 Å². The van der Waals surface area contributed by atoms with Crippen molar-refractivity contribution in [1.82, 2.24) is 10.2 Å². The Balaban J connectivity index is 1.77. The van der Waals surface area contributed by atoms with Gasteiger partial charge in [-0.25, -0.2) is 4.79 Å². The van der Waals surface area contributed by atoms with Gasteiger partial charge in [0.1, 0.15) is 0 Å². The van der Waals surface area contributed by atoms with E-state index in [1.807, 2.05) is 6.07 Å². The molecule has 3 rings (SSSR count). The molecule has 4 nitrogen and oxygen atoms in total. The molecule has 0 aliphatic heterocycles. The minimum atomic E-state index is -0.0314. The Morgan fingerprint density at radius 1 is 1.32 bits per heavy atom. The molecule has 0 radical (unpaired) electrons. The van der Waals surface area contributed by atoms with E-state index >= 15 is 0 Å². The molecule has 1 saturated carbocycles. The number of nitrogens with zero attached hydrogens (tertiary/aromatic N) is 1. The van der Waals surface area contributed by atoms with Crippen molar-refractivity contribution < 1.29 is 9.90 Å². The van der Waals surface area contributed by atoms with Crippen LogP contribution in [0.5, 0.6) is 0 Å². The number of fused-ring (bicyclic) bond motifs is 1. The molecule has 22 heavy (non-hydrogen) atoms. The Bertz CT molecular complexity index is 552. The van der Waals surface area contributed by atoms with E-state index in [4.69, 9.17) is 0 Å². The molecule has 120 valence electrons. The van der Waals surface area contributed by atoms with Gasteiger partial charge >= 0.3 is 6.03 Å². The van der Waals surface area contributed by atoms with E-state index in [0.29, 0.717) is 12.6 Å². The Morgan fingerprint density at radius 3 is 2.73 bits per heavy atom. The van der Waals surface area contributed by atoms with Crippen molar-refractivity contribution in [3.63, 3.8) is 0 Å². The summed E-state index contributed by atoms with van der Waals surface area (Å²) in [6.07, 6.45) is 4.15. The van der Waals surface area contributed by atoms with Gasteiger partial charge in [0.25, 0.3) is 0 Å². The minimum Gasteiger partial charge on any atom is -0.395 e. The molecule has 0 heterocycles. The maximum atomic E-state index is 12.6. The summed E-state index contributed by atoms with van der Waals surface area (Å²) in [4.78, 5) is 14.4. The molecule has 2 aliphatic rings. The number of hydrogen-bond acceptors (Lipinski definition) is 2. The third kappa shape index (κ3) is 2.98. The highest BCUT2D eigenvalue weighted by molar-refractivity contribution is 5.75. The van der Waals surface area contributed by atoms with Crippen molar-refractivity contribution in [3.05, 3.63) is 35.4 Å². The SMILES string of the molecule is CC1(C)CC[C@H](NC(=O)N(CCO)C2CC2)c2ccccc21. The predicted octanol–water partition coefficient (Wildman–Crippen LogP) is 2.97. The lowest BCUT2D eigenvalue weighted by Crippen LogP contribution is -2.45. The van der Waals surface area contributed by atoms with Crippen molar-refractivity contribution in [2.24, 2.45) is 0 Å². The molecule has 0 saturated heterocycles. The average Bonchev–Trinajstić information content (AvgIpc) is 3.32. The highest BCUT2D eigenvalue weighted by Gasteiger charge is 2.36. The summed E-state index contributed by atoms with van der Waals surface area (Å²) in [5.74, 6) is 0. The number of rotatable bonds is 4. The molecule has 1 atom stereocenters. The second-order valence-electron chi connectivity index (χ2n) is 7.16. The summed E-state index contributed by atoms with van der Waals surface area (Å²) in [7, 11) is 0. The number of nitrogens with one attached hydrogen (secondary N) is 1. The Morgan fingerprint density at radius 2 is 2.05 bits per heavy atom.